The molecule has 0 aliphatic heterocycles. The minimum absolute atomic E-state index is 0.512. The highest BCUT2D eigenvalue weighted by molar-refractivity contribution is 5.21. The van der Waals surface area contributed by atoms with E-state index in [1.54, 1.807) is 0 Å². The van der Waals surface area contributed by atoms with Gasteiger partial charge in [-0.15, -0.1) is 5.10 Å². The molecule has 0 aromatic carbocycles. The van der Waals surface area contributed by atoms with Gasteiger partial charge in [0.1, 0.15) is 0 Å². The molecule has 2 N–H and O–H groups in total. The number of ether oxygens (including phenoxy) is 1. The van der Waals surface area contributed by atoms with Crippen molar-refractivity contribution >= 4 is 6.01 Å². The Bertz CT molecular complexity index is 277. The highest BCUT2D eigenvalue weighted by atomic mass is 16.5. The van der Waals surface area contributed by atoms with Gasteiger partial charge in [0.15, 0.2) is 0 Å². The lowest BCUT2D eigenvalue weighted by Crippen LogP contribution is -2.22. The summed E-state index contributed by atoms with van der Waals surface area (Å²) in [6.07, 6.45) is 0.617. The molecule has 0 aliphatic rings. The maximum absolute atomic E-state index is 5.38. The highest BCUT2D eigenvalue weighted by Gasteiger charge is 2.09. The predicted octanol–water partition coefficient (Wildman–Crippen LogP) is 0.0435. The Kier molecular flexibility index (Phi) is 5.06. The second kappa shape index (κ2) is 6.36. The molecule has 15 heavy (non-hydrogen) atoms. The van der Waals surface area contributed by atoms with Crippen LogP contribution < -0.4 is 10.6 Å². The van der Waals surface area contributed by atoms with Crippen LogP contribution in [-0.2, 0) is 11.2 Å². The fourth-order valence-corrected chi connectivity index (χ4v) is 1.06. The van der Waals surface area contributed by atoms with E-state index in [-0.39, 0.29) is 0 Å². The maximum atomic E-state index is 5.38. The number of hydrogen-bond donors (Lipinski definition) is 1. The van der Waals surface area contributed by atoms with Crippen LogP contribution in [0.1, 0.15) is 12.8 Å². The van der Waals surface area contributed by atoms with Crippen LogP contribution >= 0.6 is 0 Å². The molecule has 0 fully saturated rings. The fraction of sp³-hybridized carbons (Fsp3) is 0.778. The smallest absolute Gasteiger partial charge is 0.317 e. The zero-order valence-corrected chi connectivity index (χ0v) is 9.27. The Labute approximate surface area is 89.4 Å². The third kappa shape index (κ3) is 3.85. The molecule has 0 radical (unpaired) electrons. The van der Waals surface area contributed by atoms with Crippen molar-refractivity contribution in [2.24, 2.45) is 5.73 Å². The van der Waals surface area contributed by atoms with Gasteiger partial charge in [0.25, 0.3) is 0 Å². The van der Waals surface area contributed by atoms with Crippen molar-refractivity contribution in [3.63, 3.8) is 0 Å². The molecule has 1 aromatic heterocycles. The molecule has 1 aromatic rings. The van der Waals surface area contributed by atoms with E-state index in [1.807, 2.05) is 18.9 Å². The van der Waals surface area contributed by atoms with Gasteiger partial charge in [-0.25, -0.2) is 0 Å². The zero-order chi connectivity index (χ0) is 11.1. The summed E-state index contributed by atoms with van der Waals surface area (Å²) in [5.41, 5.74) is 5.38. The molecule has 0 unspecified atom stereocenters. The first-order chi connectivity index (χ1) is 7.27. The number of aromatic nitrogens is 2. The number of nitrogens with two attached hydrogens (primary N) is 1. The van der Waals surface area contributed by atoms with E-state index in [1.165, 1.54) is 0 Å². The Hall–Kier alpha value is -1.14. The number of likely N-dealkylation sites (N-methyl/N-ethyl adjacent to an activating group) is 1. The molecule has 0 spiro atoms. The van der Waals surface area contributed by atoms with Gasteiger partial charge in [0.05, 0.1) is 6.61 Å². The summed E-state index contributed by atoms with van der Waals surface area (Å²) in [6, 6.07) is 0.512. The number of hydrogen-bond acceptors (Lipinski definition) is 6. The van der Waals surface area contributed by atoms with Gasteiger partial charge < -0.3 is 19.8 Å². The van der Waals surface area contributed by atoms with Crippen molar-refractivity contribution in [2.75, 3.05) is 38.3 Å². The van der Waals surface area contributed by atoms with E-state index in [0.29, 0.717) is 31.5 Å². The van der Waals surface area contributed by atoms with Gasteiger partial charge in [-0.05, 0) is 6.92 Å². The van der Waals surface area contributed by atoms with Crippen molar-refractivity contribution in [1.29, 1.82) is 0 Å². The molecule has 1 heterocycles. The molecule has 6 heteroatoms. The summed E-state index contributed by atoms with van der Waals surface area (Å²) in [5, 5.41) is 7.79. The first-order valence-electron chi connectivity index (χ1n) is 5.09. The topological polar surface area (TPSA) is 77.4 Å². The van der Waals surface area contributed by atoms with E-state index in [0.717, 1.165) is 13.2 Å². The third-order valence-electron chi connectivity index (χ3n) is 1.92. The molecule has 86 valence electrons. The lowest BCUT2D eigenvalue weighted by molar-refractivity contribution is 0.154. The monoisotopic (exact) mass is 214 g/mol. The normalized spacial score (nSPS) is 10.6. The van der Waals surface area contributed by atoms with Crippen molar-refractivity contribution < 1.29 is 9.15 Å². The molecule has 0 bridgehead atoms. The molecule has 0 amide bonds. The van der Waals surface area contributed by atoms with Crippen molar-refractivity contribution in [1.82, 2.24) is 10.2 Å². The quantitative estimate of drug-likeness (QED) is 0.646. The van der Waals surface area contributed by atoms with Gasteiger partial charge in [-0.1, -0.05) is 5.10 Å². The molecule has 0 aliphatic carbocycles. The van der Waals surface area contributed by atoms with E-state index in [2.05, 4.69) is 10.2 Å². The summed E-state index contributed by atoms with van der Waals surface area (Å²) in [5.74, 6) is 0.579. The van der Waals surface area contributed by atoms with Gasteiger partial charge in [0.2, 0.25) is 5.89 Å². The SMILES string of the molecule is CCOCCN(C)c1nnc(CCN)o1. The third-order valence-corrected chi connectivity index (χ3v) is 1.92. The average molecular weight is 214 g/mol. The Morgan fingerprint density at radius 2 is 2.27 bits per heavy atom. The molecule has 1 rings (SSSR count). The maximum Gasteiger partial charge on any atom is 0.317 e. The van der Waals surface area contributed by atoms with Gasteiger partial charge in [-0.3, -0.25) is 0 Å². The van der Waals surface area contributed by atoms with Crippen LogP contribution in [-0.4, -0.2) is 43.5 Å². The summed E-state index contributed by atoms with van der Waals surface area (Å²) < 4.78 is 10.6. The standard InChI is InChI=1S/C9H18N4O2/c1-3-14-7-6-13(2)9-12-11-8(15-9)4-5-10/h3-7,10H2,1-2H3. The van der Waals surface area contributed by atoms with Crippen molar-refractivity contribution in [3.05, 3.63) is 5.89 Å². The van der Waals surface area contributed by atoms with E-state index in [9.17, 15) is 0 Å². The van der Waals surface area contributed by atoms with Crippen LogP contribution in [0.25, 0.3) is 0 Å². The Balaban J connectivity index is 2.39. The van der Waals surface area contributed by atoms with Crippen LogP contribution in [0, 0.1) is 0 Å². The Morgan fingerprint density at radius 1 is 1.47 bits per heavy atom. The van der Waals surface area contributed by atoms with E-state index >= 15 is 0 Å². The second-order valence-electron chi connectivity index (χ2n) is 3.14. The number of rotatable bonds is 7. The number of nitrogens with zero attached hydrogens (tertiary/aromatic N) is 3. The first kappa shape index (κ1) is 11.9. The Morgan fingerprint density at radius 3 is 2.93 bits per heavy atom. The number of anilines is 1. The van der Waals surface area contributed by atoms with E-state index in [4.69, 9.17) is 14.9 Å². The van der Waals surface area contributed by atoms with Gasteiger partial charge >= 0.3 is 6.01 Å². The van der Waals surface area contributed by atoms with Crippen LogP contribution in [0.4, 0.5) is 6.01 Å². The van der Waals surface area contributed by atoms with Crippen LogP contribution in [0.5, 0.6) is 0 Å². The van der Waals surface area contributed by atoms with Crippen LogP contribution in [0.15, 0.2) is 4.42 Å². The molecular formula is C9H18N4O2. The first-order valence-corrected chi connectivity index (χ1v) is 5.09. The van der Waals surface area contributed by atoms with E-state index < -0.39 is 0 Å². The van der Waals surface area contributed by atoms with Crippen LogP contribution in [0.3, 0.4) is 0 Å². The van der Waals surface area contributed by atoms with Gasteiger partial charge in [-0.2, -0.15) is 0 Å². The summed E-state index contributed by atoms with van der Waals surface area (Å²) in [4.78, 5) is 1.86. The summed E-state index contributed by atoms with van der Waals surface area (Å²) in [7, 11) is 1.89. The molecule has 0 saturated heterocycles. The molecule has 0 atom stereocenters. The lowest BCUT2D eigenvalue weighted by Gasteiger charge is -2.12. The summed E-state index contributed by atoms with van der Waals surface area (Å²) >= 11 is 0. The van der Waals surface area contributed by atoms with Crippen molar-refractivity contribution in [2.45, 2.75) is 13.3 Å². The largest absolute Gasteiger partial charge is 0.408 e. The lowest BCUT2D eigenvalue weighted by atomic mass is 10.4. The highest BCUT2D eigenvalue weighted by Crippen LogP contribution is 2.09. The fourth-order valence-electron chi connectivity index (χ4n) is 1.06. The molecule has 6 nitrogen and oxygen atoms in total. The summed E-state index contributed by atoms with van der Waals surface area (Å²) in [6.45, 7) is 4.59. The predicted molar refractivity (Wildman–Crippen MR) is 56.8 cm³/mol. The van der Waals surface area contributed by atoms with Gasteiger partial charge in [0, 0.05) is 33.2 Å². The minimum Gasteiger partial charge on any atom is -0.408 e. The second-order valence-corrected chi connectivity index (χ2v) is 3.14. The average Bonchev–Trinajstić information content (AvgIpc) is 2.67. The minimum atomic E-state index is 0.512. The van der Waals surface area contributed by atoms with Crippen molar-refractivity contribution in [3.8, 4) is 0 Å². The molecule has 0 saturated carbocycles. The zero-order valence-electron chi connectivity index (χ0n) is 9.27. The van der Waals surface area contributed by atoms with Crippen LogP contribution in [0.2, 0.25) is 0 Å². The molecular weight excluding hydrogens is 196 g/mol.